The highest BCUT2D eigenvalue weighted by Crippen LogP contribution is 2.16. The van der Waals surface area contributed by atoms with Gasteiger partial charge in [0, 0.05) is 13.2 Å². The molecule has 0 bridgehead atoms. The maximum Gasteiger partial charge on any atom is 0.157 e. The minimum absolute atomic E-state index is 0.00339. The van der Waals surface area contributed by atoms with Crippen molar-refractivity contribution in [1.29, 1.82) is 0 Å². The summed E-state index contributed by atoms with van der Waals surface area (Å²) >= 11 is 0. The molecular weight excluding hydrogens is 550 g/mol. The molecule has 0 aliphatic carbocycles. The van der Waals surface area contributed by atoms with Crippen molar-refractivity contribution in [3.8, 4) is 0 Å². The Morgan fingerprint density at radius 3 is 0.867 bits per heavy atom. The molecule has 0 saturated heterocycles. The summed E-state index contributed by atoms with van der Waals surface area (Å²) < 4.78 is 12.4. The second-order valence-electron chi connectivity index (χ2n) is 14.3. The minimum Gasteiger partial charge on any atom is -0.353 e. The summed E-state index contributed by atoms with van der Waals surface area (Å²) in [6.45, 7) is 10.6. The Balaban J connectivity index is 3.58. The molecule has 0 aliphatic rings. The first-order valence-electron chi connectivity index (χ1n) is 21.3. The lowest BCUT2D eigenvalue weighted by Gasteiger charge is -2.19. The van der Waals surface area contributed by atoms with E-state index in [0.29, 0.717) is 0 Å². The van der Waals surface area contributed by atoms with Gasteiger partial charge in [0.05, 0.1) is 0 Å². The van der Waals surface area contributed by atoms with Crippen LogP contribution < -0.4 is 5.32 Å². The molecule has 0 aromatic heterocycles. The van der Waals surface area contributed by atoms with Gasteiger partial charge in [-0.1, -0.05) is 213 Å². The van der Waals surface area contributed by atoms with Crippen molar-refractivity contribution in [1.82, 2.24) is 5.32 Å². The molecule has 3 heteroatoms. The zero-order chi connectivity index (χ0) is 32.6. The molecule has 0 aromatic carbocycles. The van der Waals surface area contributed by atoms with Gasteiger partial charge in [-0.05, 0) is 38.8 Å². The average molecular weight is 638 g/mol. The molecule has 1 N–H and O–H groups in total. The van der Waals surface area contributed by atoms with E-state index in [-0.39, 0.29) is 6.29 Å². The Bertz CT molecular complexity index is 461. The van der Waals surface area contributed by atoms with Crippen LogP contribution in [0.5, 0.6) is 0 Å². The van der Waals surface area contributed by atoms with E-state index in [1.807, 2.05) is 0 Å². The summed E-state index contributed by atoms with van der Waals surface area (Å²) in [5.74, 6) is 0. The van der Waals surface area contributed by atoms with Crippen molar-refractivity contribution in [3.63, 3.8) is 0 Å². The number of ether oxygens (including phenoxy) is 2. The Morgan fingerprint density at radius 1 is 0.333 bits per heavy atom. The smallest absolute Gasteiger partial charge is 0.157 e. The molecule has 272 valence electrons. The molecule has 0 saturated carbocycles. The van der Waals surface area contributed by atoms with Crippen LogP contribution in [0.2, 0.25) is 0 Å². The highest BCUT2D eigenvalue weighted by Gasteiger charge is 2.09. The third kappa shape index (κ3) is 40.0. The Hall–Kier alpha value is -0.120. The van der Waals surface area contributed by atoms with Crippen molar-refractivity contribution in [2.24, 2.45) is 0 Å². The van der Waals surface area contributed by atoms with E-state index >= 15 is 0 Å². The van der Waals surface area contributed by atoms with Gasteiger partial charge < -0.3 is 14.8 Å². The van der Waals surface area contributed by atoms with Crippen molar-refractivity contribution < 1.29 is 9.47 Å². The Labute approximate surface area is 285 Å². The standard InChI is InChI=1S/C42H87NO2/c1-4-7-9-11-13-15-17-19-21-23-25-27-29-31-33-35-40-44-42(38-37-39-43-6-3)45-41-36-34-32-30-28-26-24-22-20-18-16-14-12-10-8-5-2/h42-43H,4-41H2,1-3H3. The topological polar surface area (TPSA) is 30.5 Å². The number of rotatable bonds is 41. The summed E-state index contributed by atoms with van der Waals surface area (Å²) in [5, 5.41) is 3.44. The van der Waals surface area contributed by atoms with Gasteiger partial charge in [0.2, 0.25) is 0 Å². The third-order valence-corrected chi connectivity index (χ3v) is 9.65. The van der Waals surface area contributed by atoms with Crippen LogP contribution in [0.4, 0.5) is 0 Å². The molecule has 0 radical (unpaired) electrons. The molecule has 0 aliphatic heterocycles. The molecule has 0 atom stereocenters. The molecule has 0 amide bonds. The first-order chi connectivity index (χ1) is 22.3. The van der Waals surface area contributed by atoms with Gasteiger partial charge in [-0.3, -0.25) is 0 Å². The summed E-state index contributed by atoms with van der Waals surface area (Å²) in [5.41, 5.74) is 0. The molecule has 45 heavy (non-hydrogen) atoms. The van der Waals surface area contributed by atoms with E-state index in [0.717, 1.165) is 39.1 Å². The van der Waals surface area contributed by atoms with Crippen molar-refractivity contribution in [2.75, 3.05) is 26.3 Å². The maximum absolute atomic E-state index is 6.22. The summed E-state index contributed by atoms with van der Waals surface area (Å²) in [4.78, 5) is 0. The van der Waals surface area contributed by atoms with Crippen LogP contribution in [0.1, 0.15) is 239 Å². The monoisotopic (exact) mass is 638 g/mol. The molecule has 0 fully saturated rings. The van der Waals surface area contributed by atoms with E-state index in [2.05, 4.69) is 26.1 Å². The van der Waals surface area contributed by atoms with Crippen LogP contribution in [0.3, 0.4) is 0 Å². The van der Waals surface area contributed by atoms with Crippen LogP contribution in [0, 0.1) is 0 Å². The van der Waals surface area contributed by atoms with Gasteiger partial charge >= 0.3 is 0 Å². The molecule has 3 nitrogen and oxygen atoms in total. The Kier molecular flexibility index (Phi) is 41.8. The second-order valence-corrected chi connectivity index (χ2v) is 14.3. The highest BCUT2D eigenvalue weighted by atomic mass is 16.7. The molecule has 0 rings (SSSR count). The summed E-state index contributed by atoms with van der Waals surface area (Å²) in [6, 6.07) is 0. The summed E-state index contributed by atoms with van der Waals surface area (Å²) in [7, 11) is 0. The fourth-order valence-corrected chi connectivity index (χ4v) is 6.52. The lowest BCUT2D eigenvalue weighted by atomic mass is 10.0. The number of unbranched alkanes of at least 4 members (excludes halogenated alkanes) is 30. The SMILES string of the molecule is CCCCCCCCCCCCCCCCCCOC(CCCNCC)OCCCCCCCCCCCCCCCCCC. The van der Waals surface area contributed by atoms with Crippen LogP contribution >= 0.6 is 0 Å². The Morgan fingerprint density at radius 2 is 0.600 bits per heavy atom. The molecule has 0 heterocycles. The quantitative estimate of drug-likeness (QED) is 0.0534. The van der Waals surface area contributed by atoms with Crippen molar-refractivity contribution in [2.45, 2.75) is 245 Å². The van der Waals surface area contributed by atoms with E-state index in [4.69, 9.17) is 9.47 Å². The van der Waals surface area contributed by atoms with E-state index in [1.165, 1.54) is 205 Å². The van der Waals surface area contributed by atoms with Gasteiger partial charge in [-0.15, -0.1) is 0 Å². The minimum atomic E-state index is -0.00339. The predicted molar refractivity (Wildman–Crippen MR) is 203 cm³/mol. The number of hydrogen-bond donors (Lipinski definition) is 1. The zero-order valence-electron chi connectivity index (χ0n) is 31.8. The van der Waals surface area contributed by atoms with Crippen LogP contribution in [0.15, 0.2) is 0 Å². The van der Waals surface area contributed by atoms with Crippen molar-refractivity contribution in [3.05, 3.63) is 0 Å². The molecule has 0 spiro atoms. The normalized spacial score (nSPS) is 11.7. The first kappa shape index (κ1) is 44.9. The fraction of sp³-hybridized carbons (Fsp3) is 1.00. The maximum atomic E-state index is 6.22. The molecular formula is C42H87NO2. The largest absolute Gasteiger partial charge is 0.353 e. The van der Waals surface area contributed by atoms with E-state index < -0.39 is 0 Å². The van der Waals surface area contributed by atoms with E-state index in [1.54, 1.807) is 0 Å². The summed E-state index contributed by atoms with van der Waals surface area (Å²) in [6.07, 6.45) is 47.3. The average Bonchev–Trinajstić information content (AvgIpc) is 3.05. The van der Waals surface area contributed by atoms with E-state index in [9.17, 15) is 0 Å². The lowest BCUT2D eigenvalue weighted by Crippen LogP contribution is -2.22. The van der Waals surface area contributed by atoms with Gasteiger partial charge in [0.15, 0.2) is 6.29 Å². The fourth-order valence-electron chi connectivity index (χ4n) is 6.52. The first-order valence-corrected chi connectivity index (χ1v) is 21.3. The second kappa shape index (κ2) is 41.9. The number of nitrogens with one attached hydrogen (secondary N) is 1. The van der Waals surface area contributed by atoms with Gasteiger partial charge in [-0.2, -0.15) is 0 Å². The van der Waals surface area contributed by atoms with Gasteiger partial charge in [0.25, 0.3) is 0 Å². The third-order valence-electron chi connectivity index (χ3n) is 9.65. The zero-order valence-corrected chi connectivity index (χ0v) is 31.8. The highest BCUT2D eigenvalue weighted by molar-refractivity contribution is 4.54. The van der Waals surface area contributed by atoms with Gasteiger partial charge in [-0.25, -0.2) is 0 Å². The van der Waals surface area contributed by atoms with Crippen LogP contribution in [-0.4, -0.2) is 32.6 Å². The van der Waals surface area contributed by atoms with Crippen LogP contribution in [-0.2, 0) is 9.47 Å². The predicted octanol–water partition coefficient (Wildman–Crippen LogP) is 14.3. The van der Waals surface area contributed by atoms with Crippen molar-refractivity contribution >= 4 is 0 Å². The van der Waals surface area contributed by atoms with Gasteiger partial charge in [0.1, 0.15) is 0 Å². The number of hydrogen-bond acceptors (Lipinski definition) is 3. The molecule has 0 aromatic rings. The van der Waals surface area contributed by atoms with Crippen LogP contribution in [0.25, 0.3) is 0 Å². The lowest BCUT2D eigenvalue weighted by molar-refractivity contribution is -0.147. The molecule has 0 unspecified atom stereocenters.